The fraction of sp³-hybridized carbons (Fsp3) is 0.0588. The number of hydrogen-bond donors (Lipinski definition) is 0. The fourth-order valence-electron chi connectivity index (χ4n) is 2.21. The van der Waals surface area contributed by atoms with Crippen LogP contribution in [0.15, 0.2) is 52.9 Å². The number of hydrogen-bond acceptors (Lipinski definition) is 3. The van der Waals surface area contributed by atoms with Gasteiger partial charge in [-0.3, -0.25) is 4.79 Å². The van der Waals surface area contributed by atoms with Crippen LogP contribution in [0.5, 0.6) is 0 Å². The maximum absolute atomic E-state index is 13.3. The van der Waals surface area contributed by atoms with Gasteiger partial charge in [-0.1, -0.05) is 12.1 Å². The van der Waals surface area contributed by atoms with Gasteiger partial charge in [0, 0.05) is 21.8 Å². The number of nitriles is 1. The molecule has 0 fully saturated rings. The Hall–Kier alpha value is -2.38. The summed E-state index contributed by atoms with van der Waals surface area (Å²) < 4.78 is 13.3. The van der Waals surface area contributed by atoms with Crippen LogP contribution in [0.25, 0.3) is 6.08 Å². The van der Waals surface area contributed by atoms with Crippen molar-refractivity contribution in [2.45, 2.75) is 4.90 Å². The molecule has 0 saturated heterocycles. The number of rotatable bonds is 1. The van der Waals surface area contributed by atoms with E-state index in [0.29, 0.717) is 22.5 Å². The molecular formula is C17H10FNOS. The molecule has 0 saturated carbocycles. The van der Waals surface area contributed by atoms with Crippen LogP contribution in [0.3, 0.4) is 0 Å². The third kappa shape index (κ3) is 2.74. The van der Waals surface area contributed by atoms with E-state index in [0.717, 1.165) is 10.5 Å². The quantitative estimate of drug-likeness (QED) is 0.745. The zero-order chi connectivity index (χ0) is 14.8. The molecule has 2 nitrogen and oxygen atoms in total. The molecule has 0 amide bonds. The van der Waals surface area contributed by atoms with Crippen molar-refractivity contribution < 1.29 is 9.18 Å². The van der Waals surface area contributed by atoms with E-state index >= 15 is 0 Å². The number of ketones is 1. The second-order valence-electron chi connectivity index (χ2n) is 4.67. The summed E-state index contributed by atoms with van der Waals surface area (Å²) in [6.07, 6.45) is 1.77. The number of halogens is 1. The van der Waals surface area contributed by atoms with Gasteiger partial charge in [-0.15, -0.1) is 11.8 Å². The molecule has 0 unspecified atom stereocenters. The molecular weight excluding hydrogens is 285 g/mol. The normalized spacial score (nSPS) is 15.6. The lowest BCUT2D eigenvalue weighted by atomic mass is 10.0. The molecule has 2 aromatic rings. The van der Waals surface area contributed by atoms with Crippen molar-refractivity contribution in [1.29, 1.82) is 5.26 Å². The highest BCUT2D eigenvalue weighted by Gasteiger charge is 2.22. The summed E-state index contributed by atoms with van der Waals surface area (Å²) in [6.45, 7) is 0. The van der Waals surface area contributed by atoms with E-state index in [4.69, 9.17) is 5.26 Å². The summed E-state index contributed by atoms with van der Waals surface area (Å²) in [5.41, 5.74) is 2.38. The average Bonchev–Trinajstić information content (AvgIpc) is 2.51. The van der Waals surface area contributed by atoms with Gasteiger partial charge >= 0.3 is 0 Å². The molecule has 3 rings (SSSR count). The first-order chi connectivity index (χ1) is 10.2. The second kappa shape index (κ2) is 5.55. The number of carbonyl (C=O) groups excluding carboxylic acids is 1. The van der Waals surface area contributed by atoms with E-state index in [-0.39, 0.29) is 5.78 Å². The number of carbonyl (C=O) groups is 1. The Morgan fingerprint density at radius 3 is 2.90 bits per heavy atom. The molecule has 0 bridgehead atoms. The van der Waals surface area contributed by atoms with Crippen LogP contribution in [-0.4, -0.2) is 11.5 Å². The molecule has 0 atom stereocenters. The minimum atomic E-state index is -0.407. The van der Waals surface area contributed by atoms with E-state index in [1.54, 1.807) is 30.3 Å². The number of fused-ring (bicyclic) bond motifs is 1. The number of benzene rings is 2. The molecule has 102 valence electrons. The molecule has 0 aromatic heterocycles. The van der Waals surface area contributed by atoms with Crippen molar-refractivity contribution in [3.05, 3.63) is 70.5 Å². The highest BCUT2D eigenvalue weighted by molar-refractivity contribution is 7.99. The van der Waals surface area contributed by atoms with Crippen LogP contribution in [0.2, 0.25) is 0 Å². The maximum atomic E-state index is 13.3. The Kier molecular flexibility index (Phi) is 3.59. The molecule has 0 N–H and O–H groups in total. The minimum Gasteiger partial charge on any atom is -0.289 e. The van der Waals surface area contributed by atoms with Crippen LogP contribution in [0.1, 0.15) is 21.5 Å². The van der Waals surface area contributed by atoms with E-state index < -0.39 is 5.82 Å². The molecule has 1 aliphatic rings. The smallest absolute Gasteiger partial charge is 0.191 e. The average molecular weight is 295 g/mol. The van der Waals surface area contributed by atoms with Crippen LogP contribution >= 0.6 is 11.8 Å². The van der Waals surface area contributed by atoms with E-state index in [1.807, 2.05) is 6.07 Å². The van der Waals surface area contributed by atoms with Crippen molar-refractivity contribution in [3.8, 4) is 6.07 Å². The molecule has 2 aromatic carbocycles. The third-order valence-corrected chi connectivity index (χ3v) is 4.34. The molecule has 0 spiro atoms. The number of nitrogens with zero attached hydrogens (tertiary/aromatic N) is 1. The lowest BCUT2D eigenvalue weighted by Gasteiger charge is -2.16. The standard InChI is InChI=1S/C17H10FNOS/c18-14-4-5-16-15(8-14)17(20)13(10-21-16)7-11-2-1-3-12(6-11)9-19/h1-8H,10H2. The van der Waals surface area contributed by atoms with Crippen molar-refractivity contribution in [3.63, 3.8) is 0 Å². The monoisotopic (exact) mass is 295 g/mol. The van der Waals surface area contributed by atoms with Crippen molar-refractivity contribution in [2.24, 2.45) is 0 Å². The predicted octanol–water partition coefficient (Wildman–Crippen LogP) is 4.07. The zero-order valence-electron chi connectivity index (χ0n) is 11.0. The molecule has 0 radical (unpaired) electrons. The molecule has 1 heterocycles. The summed E-state index contributed by atoms with van der Waals surface area (Å²) in [5.74, 6) is -0.00475. The zero-order valence-corrected chi connectivity index (χ0v) is 11.8. The van der Waals surface area contributed by atoms with Gasteiger partial charge in [-0.25, -0.2) is 4.39 Å². The molecule has 4 heteroatoms. The summed E-state index contributed by atoms with van der Waals surface area (Å²) in [6, 6.07) is 13.4. The third-order valence-electron chi connectivity index (χ3n) is 3.22. The van der Waals surface area contributed by atoms with Crippen molar-refractivity contribution in [1.82, 2.24) is 0 Å². The Morgan fingerprint density at radius 1 is 1.24 bits per heavy atom. The van der Waals surface area contributed by atoms with Gasteiger partial charge in [-0.05, 0) is 42.0 Å². The first kappa shape index (κ1) is 13.6. The highest BCUT2D eigenvalue weighted by Crippen LogP contribution is 2.33. The summed E-state index contributed by atoms with van der Waals surface area (Å²) in [7, 11) is 0. The van der Waals surface area contributed by atoms with Crippen LogP contribution in [0, 0.1) is 17.1 Å². The topological polar surface area (TPSA) is 40.9 Å². The number of thioether (sulfide) groups is 1. The molecule has 0 aliphatic carbocycles. The summed E-state index contributed by atoms with van der Waals surface area (Å²) >= 11 is 1.52. The largest absolute Gasteiger partial charge is 0.289 e. The van der Waals surface area contributed by atoms with Gasteiger partial charge in [0.25, 0.3) is 0 Å². The van der Waals surface area contributed by atoms with E-state index in [2.05, 4.69) is 6.07 Å². The Bertz CT molecular complexity index is 805. The molecule has 21 heavy (non-hydrogen) atoms. The second-order valence-corrected chi connectivity index (χ2v) is 5.68. The van der Waals surface area contributed by atoms with Crippen LogP contribution in [0.4, 0.5) is 4.39 Å². The molecule has 1 aliphatic heterocycles. The number of Topliss-reactive ketones (excluding diaryl/α,β-unsaturated/α-hetero) is 1. The van der Waals surface area contributed by atoms with Gasteiger partial charge in [0.2, 0.25) is 0 Å². The Morgan fingerprint density at radius 2 is 2.10 bits per heavy atom. The van der Waals surface area contributed by atoms with Gasteiger partial charge in [0.1, 0.15) is 5.82 Å². The van der Waals surface area contributed by atoms with Gasteiger partial charge < -0.3 is 0 Å². The van der Waals surface area contributed by atoms with Gasteiger partial charge in [-0.2, -0.15) is 5.26 Å². The maximum Gasteiger partial charge on any atom is 0.191 e. The van der Waals surface area contributed by atoms with E-state index in [9.17, 15) is 9.18 Å². The van der Waals surface area contributed by atoms with Gasteiger partial charge in [0.05, 0.1) is 11.6 Å². The Balaban J connectivity index is 1.99. The predicted molar refractivity (Wildman–Crippen MR) is 80.6 cm³/mol. The summed E-state index contributed by atoms with van der Waals surface area (Å²) in [4.78, 5) is 13.2. The van der Waals surface area contributed by atoms with Crippen molar-refractivity contribution >= 4 is 23.6 Å². The van der Waals surface area contributed by atoms with Gasteiger partial charge in [0.15, 0.2) is 5.78 Å². The SMILES string of the molecule is N#Cc1cccc(C=C2CSc3ccc(F)cc3C2=O)c1. The van der Waals surface area contributed by atoms with Crippen molar-refractivity contribution in [2.75, 3.05) is 5.75 Å². The van der Waals surface area contributed by atoms with Crippen LogP contribution in [-0.2, 0) is 0 Å². The minimum absolute atomic E-state index is 0.148. The lowest BCUT2D eigenvalue weighted by Crippen LogP contribution is -2.12. The van der Waals surface area contributed by atoms with Crippen LogP contribution < -0.4 is 0 Å². The summed E-state index contributed by atoms with van der Waals surface area (Å²) in [5, 5.41) is 8.90. The van der Waals surface area contributed by atoms with E-state index in [1.165, 1.54) is 23.9 Å². The Labute approximate surface area is 125 Å². The first-order valence-electron chi connectivity index (χ1n) is 6.35. The first-order valence-corrected chi connectivity index (χ1v) is 7.34. The highest BCUT2D eigenvalue weighted by atomic mass is 32.2. The lowest BCUT2D eigenvalue weighted by molar-refractivity contribution is 0.103. The fourth-order valence-corrected chi connectivity index (χ4v) is 3.20.